The molecule has 1 nitrogen and oxygen atoms in total. The van der Waals surface area contributed by atoms with Crippen molar-refractivity contribution in [1.82, 2.24) is 0 Å². The van der Waals surface area contributed by atoms with Gasteiger partial charge in [0.15, 0.2) is 0 Å². The van der Waals surface area contributed by atoms with Gasteiger partial charge in [-0.1, -0.05) is 32.0 Å². The van der Waals surface area contributed by atoms with Crippen LogP contribution in [0.2, 0.25) is 0 Å². The molecular formula is C11H15N. The molecule has 1 aromatic rings. The number of benzene rings is 1. The van der Waals surface area contributed by atoms with Gasteiger partial charge in [0.25, 0.3) is 0 Å². The van der Waals surface area contributed by atoms with E-state index >= 15 is 0 Å². The molecule has 0 bridgehead atoms. The molecule has 0 amide bonds. The molecule has 1 aliphatic rings. The molecule has 1 N–H and O–H groups in total. The van der Waals surface area contributed by atoms with Crippen molar-refractivity contribution in [3.8, 4) is 0 Å². The molecule has 64 valence electrons. The first-order chi connectivity index (χ1) is 5.79. The van der Waals surface area contributed by atoms with Gasteiger partial charge >= 0.3 is 0 Å². The predicted octanol–water partition coefficient (Wildman–Crippen LogP) is 2.85. The SMILES string of the molecule is CC1CNc2ccccc2C1C. The maximum atomic E-state index is 3.44. The van der Waals surface area contributed by atoms with Crippen LogP contribution in [-0.4, -0.2) is 6.54 Å². The average molecular weight is 161 g/mol. The minimum atomic E-state index is 0.697. The zero-order valence-electron chi connectivity index (χ0n) is 7.67. The monoisotopic (exact) mass is 161 g/mol. The van der Waals surface area contributed by atoms with Crippen LogP contribution in [-0.2, 0) is 0 Å². The molecule has 0 fully saturated rings. The molecule has 0 aromatic heterocycles. The third-order valence-corrected chi connectivity index (χ3v) is 2.92. The van der Waals surface area contributed by atoms with E-state index in [0.29, 0.717) is 5.92 Å². The van der Waals surface area contributed by atoms with Crippen LogP contribution in [0.25, 0.3) is 0 Å². The summed E-state index contributed by atoms with van der Waals surface area (Å²) in [5.41, 5.74) is 2.79. The first-order valence-corrected chi connectivity index (χ1v) is 4.62. The van der Waals surface area contributed by atoms with E-state index in [2.05, 4.69) is 43.4 Å². The molecule has 2 rings (SSSR count). The molecule has 0 saturated carbocycles. The quantitative estimate of drug-likeness (QED) is 0.617. The Morgan fingerprint density at radius 1 is 1.25 bits per heavy atom. The number of para-hydroxylation sites is 1. The maximum absolute atomic E-state index is 3.44. The summed E-state index contributed by atoms with van der Waals surface area (Å²) in [7, 11) is 0. The molecule has 2 unspecified atom stereocenters. The zero-order chi connectivity index (χ0) is 8.55. The summed E-state index contributed by atoms with van der Waals surface area (Å²) in [6, 6.07) is 8.60. The van der Waals surface area contributed by atoms with Gasteiger partial charge in [0.05, 0.1) is 0 Å². The second kappa shape index (κ2) is 2.81. The third-order valence-electron chi connectivity index (χ3n) is 2.92. The number of anilines is 1. The van der Waals surface area contributed by atoms with Crippen molar-refractivity contribution in [2.75, 3.05) is 11.9 Å². The fourth-order valence-corrected chi connectivity index (χ4v) is 1.81. The Bertz CT molecular complexity index is 280. The molecule has 0 saturated heterocycles. The summed E-state index contributed by atoms with van der Waals surface area (Å²) in [5, 5.41) is 3.44. The number of hydrogen-bond donors (Lipinski definition) is 1. The molecule has 12 heavy (non-hydrogen) atoms. The van der Waals surface area contributed by atoms with Gasteiger partial charge in [-0.3, -0.25) is 0 Å². The van der Waals surface area contributed by atoms with Crippen molar-refractivity contribution < 1.29 is 0 Å². The van der Waals surface area contributed by atoms with Crippen LogP contribution >= 0.6 is 0 Å². The molecule has 1 heteroatoms. The Balaban J connectivity index is 2.42. The highest BCUT2D eigenvalue weighted by atomic mass is 14.9. The van der Waals surface area contributed by atoms with E-state index in [0.717, 1.165) is 12.5 Å². The lowest BCUT2D eigenvalue weighted by atomic mass is 9.85. The molecule has 1 aromatic carbocycles. The number of nitrogens with one attached hydrogen (secondary N) is 1. The topological polar surface area (TPSA) is 12.0 Å². The number of rotatable bonds is 0. The Morgan fingerprint density at radius 2 is 2.00 bits per heavy atom. The molecule has 0 radical (unpaired) electrons. The van der Waals surface area contributed by atoms with Gasteiger partial charge in [-0.2, -0.15) is 0 Å². The lowest BCUT2D eigenvalue weighted by Crippen LogP contribution is -2.23. The van der Waals surface area contributed by atoms with Gasteiger partial charge in [0.2, 0.25) is 0 Å². The van der Waals surface area contributed by atoms with Crippen LogP contribution in [0.1, 0.15) is 25.3 Å². The average Bonchev–Trinajstić information content (AvgIpc) is 2.12. The molecule has 0 spiro atoms. The van der Waals surface area contributed by atoms with E-state index in [4.69, 9.17) is 0 Å². The highest BCUT2D eigenvalue weighted by Gasteiger charge is 2.21. The summed E-state index contributed by atoms with van der Waals surface area (Å²) in [5.74, 6) is 1.45. The second-order valence-electron chi connectivity index (χ2n) is 3.73. The van der Waals surface area contributed by atoms with Gasteiger partial charge < -0.3 is 5.32 Å². The highest BCUT2D eigenvalue weighted by Crippen LogP contribution is 2.33. The van der Waals surface area contributed by atoms with Crippen molar-refractivity contribution in [2.24, 2.45) is 5.92 Å². The lowest BCUT2D eigenvalue weighted by Gasteiger charge is -2.29. The summed E-state index contributed by atoms with van der Waals surface area (Å²) in [6.45, 7) is 5.72. The van der Waals surface area contributed by atoms with Crippen molar-refractivity contribution in [2.45, 2.75) is 19.8 Å². The van der Waals surface area contributed by atoms with Crippen LogP contribution in [0.15, 0.2) is 24.3 Å². The second-order valence-corrected chi connectivity index (χ2v) is 3.73. The third kappa shape index (κ3) is 1.09. The van der Waals surface area contributed by atoms with E-state index in [1.54, 1.807) is 0 Å². The minimum Gasteiger partial charge on any atom is -0.385 e. The minimum absolute atomic E-state index is 0.697. The van der Waals surface area contributed by atoms with Gasteiger partial charge in [0.1, 0.15) is 0 Å². The van der Waals surface area contributed by atoms with Crippen LogP contribution < -0.4 is 5.32 Å². The number of hydrogen-bond acceptors (Lipinski definition) is 1. The Kier molecular flexibility index (Phi) is 1.80. The molecular weight excluding hydrogens is 146 g/mol. The Morgan fingerprint density at radius 3 is 2.83 bits per heavy atom. The van der Waals surface area contributed by atoms with E-state index in [1.807, 2.05) is 0 Å². The molecule has 1 aliphatic heterocycles. The Hall–Kier alpha value is -0.980. The smallest absolute Gasteiger partial charge is 0.0375 e. The van der Waals surface area contributed by atoms with Crippen LogP contribution in [0.5, 0.6) is 0 Å². The summed E-state index contributed by atoms with van der Waals surface area (Å²) >= 11 is 0. The maximum Gasteiger partial charge on any atom is 0.0375 e. The summed E-state index contributed by atoms with van der Waals surface area (Å²) < 4.78 is 0. The Labute approximate surface area is 73.8 Å². The van der Waals surface area contributed by atoms with E-state index in [9.17, 15) is 0 Å². The number of fused-ring (bicyclic) bond motifs is 1. The first kappa shape index (κ1) is 7.66. The van der Waals surface area contributed by atoms with E-state index in [-0.39, 0.29) is 0 Å². The molecule has 0 aliphatic carbocycles. The zero-order valence-corrected chi connectivity index (χ0v) is 7.67. The molecule has 1 heterocycles. The van der Waals surface area contributed by atoms with Gasteiger partial charge in [-0.25, -0.2) is 0 Å². The van der Waals surface area contributed by atoms with Gasteiger partial charge in [0, 0.05) is 12.2 Å². The standard InChI is InChI=1S/C11H15N/c1-8-7-12-11-6-4-3-5-10(11)9(8)2/h3-6,8-9,12H,7H2,1-2H3. The fraction of sp³-hybridized carbons (Fsp3) is 0.455. The fourth-order valence-electron chi connectivity index (χ4n) is 1.81. The lowest BCUT2D eigenvalue weighted by molar-refractivity contribution is 0.497. The van der Waals surface area contributed by atoms with E-state index in [1.165, 1.54) is 11.3 Å². The van der Waals surface area contributed by atoms with Crippen LogP contribution in [0.3, 0.4) is 0 Å². The van der Waals surface area contributed by atoms with Gasteiger partial charge in [-0.15, -0.1) is 0 Å². The van der Waals surface area contributed by atoms with E-state index < -0.39 is 0 Å². The predicted molar refractivity (Wildman–Crippen MR) is 52.5 cm³/mol. The van der Waals surface area contributed by atoms with Crippen molar-refractivity contribution in [3.63, 3.8) is 0 Å². The van der Waals surface area contributed by atoms with Crippen LogP contribution in [0.4, 0.5) is 5.69 Å². The van der Waals surface area contributed by atoms with Crippen molar-refractivity contribution >= 4 is 5.69 Å². The van der Waals surface area contributed by atoms with Crippen molar-refractivity contribution in [3.05, 3.63) is 29.8 Å². The highest BCUT2D eigenvalue weighted by molar-refractivity contribution is 5.54. The summed E-state index contributed by atoms with van der Waals surface area (Å²) in [4.78, 5) is 0. The van der Waals surface area contributed by atoms with Gasteiger partial charge in [-0.05, 0) is 23.5 Å². The molecule has 2 atom stereocenters. The summed E-state index contributed by atoms with van der Waals surface area (Å²) in [6.07, 6.45) is 0. The van der Waals surface area contributed by atoms with Crippen molar-refractivity contribution in [1.29, 1.82) is 0 Å². The largest absolute Gasteiger partial charge is 0.385 e. The van der Waals surface area contributed by atoms with Crippen LogP contribution in [0, 0.1) is 5.92 Å². The first-order valence-electron chi connectivity index (χ1n) is 4.62. The normalized spacial score (nSPS) is 27.5.